The SMILES string of the molecule is c1ccc(-c2cccc(-c3cc(-c4nc(-c5ccc(-c6ccc7ccccc7c6)cc5)c5sc6ccccc6c5n4)c4c(c3)oc3ccccc34)c2)cc1. The van der Waals surface area contributed by atoms with Crippen molar-refractivity contribution in [3.8, 4) is 56.0 Å². The molecule has 3 aromatic heterocycles. The minimum absolute atomic E-state index is 0.678. The zero-order valence-electron chi connectivity index (χ0n) is 29.0. The molecule has 3 heterocycles. The van der Waals surface area contributed by atoms with Gasteiger partial charge in [-0.15, -0.1) is 11.3 Å². The Morgan fingerprint density at radius 2 is 1.06 bits per heavy atom. The Morgan fingerprint density at radius 1 is 0.407 bits per heavy atom. The van der Waals surface area contributed by atoms with E-state index in [1.807, 2.05) is 12.1 Å². The van der Waals surface area contributed by atoms with Gasteiger partial charge in [-0.05, 0) is 80.6 Å². The lowest BCUT2D eigenvalue weighted by Crippen LogP contribution is -1.95. The Labute approximate surface area is 315 Å². The highest BCUT2D eigenvalue weighted by Crippen LogP contribution is 2.44. The van der Waals surface area contributed by atoms with E-state index in [9.17, 15) is 0 Å². The Hall–Kier alpha value is -6.88. The van der Waals surface area contributed by atoms with E-state index < -0.39 is 0 Å². The van der Waals surface area contributed by atoms with Crippen molar-refractivity contribution in [2.75, 3.05) is 0 Å². The highest BCUT2D eigenvalue weighted by Gasteiger charge is 2.21. The first-order valence-electron chi connectivity index (χ1n) is 18.1. The third kappa shape index (κ3) is 5.11. The van der Waals surface area contributed by atoms with Crippen molar-refractivity contribution in [2.45, 2.75) is 0 Å². The summed E-state index contributed by atoms with van der Waals surface area (Å²) in [6, 6.07) is 64.4. The standard InChI is InChI=1S/C50H30N2OS/c1-2-11-31(12-3-1)36-15-10-16-37(27-36)39-29-42(46-40-17-6-8-19-43(40)53-44(46)30-39)50-51-47(49-48(52-50)41-18-7-9-20-45(41)54-49)34-24-21-33(22-25-34)38-26-23-32-13-4-5-14-35(32)28-38/h1-30H. The number of aromatic nitrogens is 2. The molecule has 252 valence electrons. The summed E-state index contributed by atoms with van der Waals surface area (Å²) in [5.41, 5.74) is 12.4. The van der Waals surface area contributed by atoms with Gasteiger partial charge in [0.25, 0.3) is 0 Å². The molecule has 0 atom stereocenters. The van der Waals surface area contributed by atoms with Crippen molar-refractivity contribution in [1.29, 1.82) is 0 Å². The zero-order chi connectivity index (χ0) is 35.6. The van der Waals surface area contributed by atoms with Crippen molar-refractivity contribution in [1.82, 2.24) is 9.97 Å². The fourth-order valence-corrected chi connectivity index (χ4v) is 8.96. The molecule has 54 heavy (non-hydrogen) atoms. The normalized spacial score (nSPS) is 11.7. The zero-order valence-corrected chi connectivity index (χ0v) is 29.8. The van der Waals surface area contributed by atoms with Crippen LogP contribution in [-0.4, -0.2) is 9.97 Å². The fraction of sp³-hybridized carbons (Fsp3) is 0. The Balaban J connectivity index is 1.13. The molecule has 0 spiro atoms. The number of benzene rings is 8. The fourth-order valence-electron chi connectivity index (χ4n) is 7.80. The first-order valence-corrected chi connectivity index (χ1v) is 19.0. The van der Waals surface area contributed by atoms with Crippen LogP contribution in [0.1, 0.15) is 0 Å². The van der Waals surface area contributed by atoms with E-state index >= 15 is 0 Å². The van der Waals surface area contributed by atoms with Crippen LogP contribution in [0.15, 0.2) is 186 Å². The summed E-state index contributed by atoms with van der Waals surface area (Å²) in [6.07, 6.45) is 0. The van der Waals surface area contributed by atoms with Crippen LogP contribution in [0.4, 0.5) is 0 Å². The van der Waals surface area contributed by atoms with E-state index in [0.29, 0.717) is 5.82 Å². The summed E-state index contributed by atoms with van der Waals surface area (Å²) < 4.78 is 8.85. The maximum atomic E-state index is 6.58. The van der Waals surface area contributed by atoms with Crippen LogP contribution in [0.25, 0.3) is 109 Å². The number of fused-ring (bicyclic) bond motifs is 7. The van der Waals surface area contributed by atoms with Crippen LogP contribution in [0.5, 0.6) is 0 Å². The van der Waals surface area contributed by atoms with Crippen LogP contribution in [-0.2, 0) is 0 Å². The minimum Gasteiger partial charge on any atom is -0.456 e. The van der Waals surface area contributed by atoms with Crippen molar-refractivity contribution in [3.63, 3.8) is 0 Å². The molecule has 0 unspecified atom stereocenters. The van der Waals surface area contributed by atoms with Gasteiger partial charge in [0.1, 0.15) is 11.2 Å². The summed E-state index contributed by atoms with van der Waals surface area (Å²) in [7, 11) is 0. The molecular formula is C50H30N2OS. The lowest BCUT2D eigenvalue weighted by atomic mass is 9.95. The summed E-state index contributed by atoms with van der Waals surface area (Å²) in [5.74, 6) is 0.678. The van der Waals surface area contributed by atoms with E-state index in [0.717, 1.165) is 71.1 Å². The van der Waals surface area contributed by atoms with Gasteiger partial charge in [0, 0.05) is 32.0 Å². The quantitative estimate of drug-likeness (QED) is 0.179. The number of hydrogen-bond acceptors (Lipinski definition) is 4. The van der Waals surface area contributed by atoms with Gasteiger partial charge in [-0.1, -0.05) is 146 Å². The smallest absolute Gasteiger partial charge is 0.161 e. The van der Waals surface area contributed by atoms with Crippen LogP contribution >= 0.6 is 11.3 Å². The molecule has 11 aromatic rings. The highest BCUT2D eigenvalue weighted by atomic mass is 32.1. The molecule has 3 nitrogen and oxygen atoms in total. The second-order valence-corrected chi connectivity index (χ2v) is 14.8. The lowest BCUT2D eigenvalue weighted by molar-refractivity contribution is 0.669. The maximum Gasteiger partial charge on any atom is 0.161 e. The van der Waals surface area contributed by atoms with E-state index in [1.165, 1.54) is 32.2 Å². The molecule has 0 N–H and O–H groups in total. The Morgan fingerprint density at radius 3 is 1.93 bits per heavy atom. The predicted octanol–water partition coefficient (Wildman–Crippen LogP) is 14.2. The van der Waals surface area contributed by atoms with Gasteiger partial charge < -0.3 is 4.42 Å². The minimum atomic E-state index is 0.678. The van der Waals surface area contributed by atoms with Gasteiger partial charge >= 0.3 is 0 Å². The second-order valence-electron chi connectivity index (χ2n) is 13.8. The number of rotatable bonds is 5. The van der Waals surface area contributed by atoms with Crippen molar-refractivity contribution >= 4 is 64.4 Å². The molecule has 0 bridgehead atoms. The largest absolute Gasteiger partial charge is 0.456 e. The van der Waals surface area contributed by atoms with Crippen LogP contribution in [0.3, 0.4) is 0 Å². The average Bonchev–Trinajstić information content (AvgIpc) is 3.82. The van der Waals surface area contributed by atoms with Gasteiger partial charge in [-0.3, -0.25) is 0 Å². The lowest BCUT2D eigenvalue weighted by Gasteiger charge is -2.12. The van der Waals surface area contributed by atoms with Crippen LogP contribution in [0, 0.1) is 0 Å². The molecule has 0 fully saturated rings. The first kappa shape index (κ1) is 30.7. The number of furan rings is 1. The van der Waals surface area contributed by atoms with E-state index in [1.54, 1.807) is 11.3 Å². The number of nitrogens with zero attached hydrogens (tertiary/aromatic N) is 2. The van der Waals surface area contributed by atoms with E-state index in [2.05, 4.69) is 170 Å². The second kappa shape index (κ2) is 12.4. The Bertz CT molecular complexity index is 3210. The molecule has 0 aliphatic carbocycles. The number of hydrogen-bond donors (Lipinski definition) is 0. The van der Waals surface area contributed by atoms with Crippen molar-refractivity contribution < 1.29 is 4.42 Å². The summed E-state index contributed by atoms with van der Waals surface area (Å²) in [6.45, 7) is 0. The summed E-state index contributed by atoms with van der Waals surface area (Å²) in [5, 5.41) is 5.68. The number of thiophene rings is 1. The first-order chi connectivity index (χ1) is 26.7. The monoisotopic (exact) mass is 706 g/mol. The molecule has 0 saturated carbocycles. The summed E-state index contributed by atoms with van der Waals surface area (Å²) >= 11 is 1.75. The van der Waals surface area contributed by atoms with E-state index in [-0.39, 0.29) is 0 Å². The van der Waals surface area contributed by atoms with E-state index in [4.69, 9.17) is 14.4 Å². The molecule has 0 radical (unpaired) electrons. The van der Waals surface area contributed by atoms with Gasteiger partial charge in [0.2, 0.25) is 0 Å². The van der Waals surface area contributed by atoms with Gasteiger partial charge in [0.15, 0.2) is 5.82 Å². The molecule has 0 aliphatic heterocycles. The van der Waals surface area contributed by atoms with Crippen molar-refractivity contribution in [3.05, 3.63) is 182 Å². The summed E-state index contributed by atoms with van der Waals surface area (Å²) in [4.78, 5) is 10.9. The predicted molar refractivity (Wildman–Crippen MR) is 227 cm³/mol. The molecule has 0 amide bonds. The molecule has 0 aliphatic rings. The third-order valence-corrected chi connectivity index (χ3v) is 11.7. The maximum absolute atomic E-state index is 6.58. The Kier molecular flexibility index (Phi) is 7.04. The number of para-hydroxylation sites is 1. The molecule has 11 rings (SSSR count). The van der Waals surface area contributed by atoms with Crippen LogP contribution < -0.4 is 0 Å². The third-order valence-electron chi connectivity index (χ3n) is 10.5. The van der Waals surface area contributed by atoms with Gasteiger partial charge in [-0.2, -0.15) is 0 Å². The molecular weight excluding hydrogens is 677 g/mol. The van der Waals surface area contributed by atoms with Gasteiger partial charge in [0.05, 0.1) is 15.9 Å². The van der Waals surface area contributed by atoms with Crippen LogP contribution in [0.2, 0.25) is 0 Å². The average molecular weight is 707 g/mol. The van der Waals surface area contributed by atoms with Crippen molar-refractivity contribution in [2.24, 2.45) is 0 Å². The molecule has 8 aromatic carbocycles. The van der Waals surface area contributed by atoms with Gasteiger partial charge in [-0.25, -0.2) is 9.97 Å². The highest BCUT2D eigenvalue weighted by molar-refractivity contribution is 7.26. The molecule has 0 saturated heterocycles. The topological polar surface area (TPSA) is 38.9 Å². The molecule has 4 heteroatoms.